The molecular weight excluding hydrogens is 240 g/mol. The molecule has 0 spiro atoms. The number of rotatable bonds is 3. The van der Waals surface area contributed by atoms with Gasteiger partial charge in [0.15, 0.2) is 0 Å². The van der Waals surface area contributed by atoms with E-state index >= 15 is 0 Å². The molecule has 0 bridgehead atoms. The molecule has 3 rings (SSSR count). The van der Waals surface area contributed by atoms with E-state index in [-0.39, 0.29) is 5.91 Å². The lowest BCUT2D eigenvalue weighted by molar-refractivity contribution is 0.0766. The lowest BCUT2D eigenvalue weighted by Crippen LogP contribution is -2.23. The number of amides is 1. The maximum Gasteiger partial charge on any atom is 0.256 e. The van der Waals surface area contributed by atoms with Crippen molar-refractivity contribution in [1.82, 2.24) is 9.88 Å². The number of nitrogens with zero attached hydrogens (tertiary/aromatic N) is 2. The highest BCUT2D eigenvalue weighted by Gasteiger charge is 2.26. The minimum atomic E-state index is 0.0546. The van der Waals surface area contributed by atoms with Gasteiger partial charge in [0.05, 0.1) is 12.7 Å². The van der Waals surface area contributed by atoms with Crippen molar-refractivity contribution in [3.05, 3.63) is 59.4 Å². The number of aromatic nitrogens is 1. The van der Waals surface area contributed by atoms with Crippen LogP contribution in [0.5, 0.6) is 5.75 Å². The molecule has 1 aromatic carbocycles. The van der Waals surface area contributed by atoms with E-state index in [1.165, 1.54) is 0 Å². The number of benzene rings is 1. The SMILES string of the molecule is COc1ccc(CN2Cc3ccncc3C2=O)cc1. The summed E-state index contributed by atoms with van der Waals surface area (Å²) in [5.74, 6) is 0.878. The van der Waals surface area contributed by atoms with Gasteiger partial charge in [-0.25, -0.2) is 0 Å². The molecule has 0 unspecified atom stereocenters. The average Bonchev–Trinajstić information content (AvgIpc) is 2.77. The minimum absolute atomic E-state index is 0.0546. The number of pyridine rings is 1. The van der Waals surface area contributed by atoms with Crippen molar-refractivity contribution in [1.29, 1.82) is 0 Å². The summed E-state index contributed by atoms with van der Waals surface area (Å²) in [6.45, 7) is 1.26. The van der Waals surface area contributed by atoms with Crippen LogP contribution in [0.2, 0.25) is 0 Å². The average molecular weight is 254 g/mol. The third-order valence-corrected chi connectivity index (χ3v) is 3.32. The minimum Gasteiger partial charge on any atom is -0.497 e. The van der Waals surface area contributed by atoms with E-state index < -0.39 is 0 Å². The largest absolute Gasteiger partial charge is 0.497 e. The maximum absolute atomic E-state index is 12.2. The Bertz CT molecular complexity index is 608. The summed E-state index contributed by atoms with van der Waals surface area (Å²) in [5, 5.41) is 0. The van der Waals surface area contributed by atoms with Crippen molar-refractivity contribution in [2.45, 2.75) is 13.1 Å². The van der Waals surface area contributed by atoms with Crippen molar-refractivity contribution >= 4 is 5.91 Å². The molecule has 1 aliphatic rings. The van der Waals surface area contributed by atoms with E-state index in [0.29, 0.717) is 13.1 Å². The van der Waals surface area contributed by atoms with Crippen molar-refractivity contribution in [2.24, 2.45) is 0 Å². The van der Waals surface area contributed by atoms with Crippen LogP contribution in [0, 0.1) is 0 Å². The van der Waals surface area contributed by atoms with E-state index in [9.17, 15) is 4.79 Å². The van der Waals surface area contributed by atoms with Gasteiger partial charge in [0.2, 0.25) is 0 Å². The van der Waals surface area contributed by atoms with Crippen molar-refractivity contribution in [3.8, 4) is 5.75 Å². The molecule has 96 valence electrons. The van der Waals surface area contributed by atoms with Gasteiger partial charge in [-0.2, -0.15) is 0 Å². The van der Waals surface area contributed by atoms with Crippen LogP contribution in [0.3, 0.4) is 0 Å². The molecular formula is C15H14N2O2. The van der Waals surface area contributed by atoms with Gasteiger partial charge in [-0.1, -0.05) is 12.1 Å². The molecule has 2 heterocycles. The predicted molar refractivity (Wildman–Crippen MR) is 70.8 cm³/mol. The van der Waals surface area contributed by atoms with Gasteiger partial charge in [-0.3, -0.25) is 9.78 Å². The number of hydrogen-bond donors (Lipinski definition) is 0. The summed E-state index contributed by atoms with van der Waals surface area (Å²) in [4.78, 5) is 18.0. The second-order valence-electron chi connectivity index (χ2n) is 4.54. The quantitative estimate of drug-likeness (QED) is 0.843. The number of hydrogen-bond acceptors (Lipinski definition) is 3. The van der Waals surface area contributed by atoms with E-state index in [4.69, 9.17) is 4.74 Å². The number of carbonyl (C=O) groups excluding carboxylic acids is 1. The molecule has 4 nitrogen and oxygen atoms in total. The second-order valence-corrected chi connectivity index (χ2v) is 4.54. The highest BCUT2D eigenvalue weighted by molar-refractivity contribution is 5.97. The zero-order valence-electron chi connectivity index (χ0n) is 10.7. The van der Waals surface area contributed by atoms with Crippen molar-refractivity contribution < 1.29 is 9.53 Å². The van der Waals surface area contributed by atoms with Gasteiger partial charge in [0, 0.05) is 25.5 Å². The summed E-state index contributed by atoms with van der Waals surface area (Å²) in [6, 6.07) is 9.68. The summed E-state index contributed by atoms with van der Waals surface area (Å²) < 4.78 is 5.12. The molecule has 0 radical (unpaired) electrons. The normalized spacial score (nSPS) is 13.5. The topological polar surface area (TPSA) is 42.4 Å². The van der Waals surface area contributed by atoms with Gasteiger partial charge in [0.1, 0.15) is 5.75 Å². The molecule has 1 amide bonds. The van der Waals surface area contributed by atoms with Gasteiger partial charge >= 0.3 is 0 Å². The first-order chi connectivity index (χ1) is 9.28. The third kappa shape index (κ3) is 2.17. The molecule has 0 saturated heterocycles. The molecule has 0 atom stereocenters. The van der Waals surface area contributed by atoms with Crippen LogP contribution in [0.4, 0.5) is 0 Å². The standard InChI is InChI=1S/C15H14N2O2/c1-19-13-4-2-11(3-5-13)9-17-10-12-6-7-16-8-14(12)15(17)18/h2-8H,9-10H2,1H3. The van der Waals surface area contributed by atoms with Crippen LogP contribution < -0.4 is 4.74 Å². The van der Waals surface area contributed by atoms with Crippen LogP contribution in [0.1, 0.15) is 21.5 Å². The lowest BCUT2D eigenvalue weighted by atomic mass is 10.2. The Balaban J connectivity index is 1.77. The van der Waals surface area contributed by atoms with E-state index in [0.717, 1.165) is 22.4 Å². The smallest absolute Gasteiger partial charge is 0.256 e. The Hall–Kier alpha value is -2.36. The highest BCUT2D eigenvalue weighted by Crippen LogP contribution is 2.23. The van der Waals surface area contributed by atoms with Crippen LogP contribution in [-0.4, -0.2) is 22.9 Å². The monoisotopic (exact) mass is 254 g/mol. The van der Waals surface area contributed by atoms with E-state index in [2.05, 4.69) is 4.98 Å². The zero-order valence-corrected chi connectivity index (χ0v) is 10.7. The molecule has 1 aliphatic heterocycles. The van der Waals surface area contributed by atoms with Gasteiger partial charge in [-0.15, -0.1) is 0 Å². The number of fused-ring (bicyclic) bond motifs is 1. The Morgan fingerprint density at radius 1 is 1.26 bits per heavy atom. The number of carbonyl (C=O) groups is 1. The van der Waals surface area contributed by atoms with Gasteiger partial charge in [-0.05, 0) is 29.3 Å². The number of methoxy groups -OCH3 is 1. The molecule has 0 aliphatic carbocycles. The van der Waals surface area contributed by atoms with Gasteiger partial charge < -0.3 is 9.64 Å². The molecule has 1 aromatic heterocycles. The predicted octanol–water partition coefficient (Wildman–Crippen LogP) is 2.25. The Kier molecular flexibility index (Phi) is 2.91. The molecule has 4 heteroatoms. The molecule has 2 aromatic rings. The maximum atomic E-state index is 12.2. The van der Waals surface area contributed by atoms with Crippen LogP contribution >= 0.6 is 0 Å². The van der Waals surface area contributed by atoms with Crippen molar-refractivity contribution in [2.75, 3.05) is 7.11 Å². The second kappa shape index (κ2) is 4.72. The summed E-state index contributed by atoms with van der Waals surface area (Å²) in [5.41, 5.74) is 2.86. The van der Waals surface area contributed by atoms with E-state index in [1.807, 2.05) is 35.2 Å². The molecule has 19 heavy (non-hydrogen) atoms. The fourth-order valence-electron chi connectivity index (χ4n) is 2.28. The fraction of sp³-hybridized carbons (Fsp3) is 0.200. The Morgan fingerprint density at radius 2 is 2.05 bits per heavy atom. The third-order valence-electron chi connectivity index (χ3n) is 3.32. The summed E-state index contributed by atoms with van der Waals surface area (Å²) in [7, 11) is 1.64. The van der Waals surface area contributed by atoms with Gasteiger partial charge in [0.25, 0.3) is 5.91 Å². The lowest BCUT2D eigenvalue weighted by Gasteiger charge is -2.15. The van der Waals surface area contributed by atoms with E-state index in [1.54, 1.807) is 19.5 Å². The first kappa shape index (κ1) is 11.7. The molecule has 0 fully saturated rings. The first-order valence-electron chi connectivity index (χ1n) is 6.13. The van der Waals surface area contributed by atoms with Crippen LogP contribution in [0.25, 0.3) is 0 Å². The van der Waals surface area contributed by atoms with Crippen LogP contribution in [0.15, 0.2) is 42.7 Å². The molecule has 0 saturated carbocycles. The molecule has 0 N–H and O–H groups in total. The fourth-order valence-corrected chi connectivity index (χ4v) is 2.28. The zero-order chi connectivity index (χ0) is 13.2. The summed E-state index contributed by atoms with van der Waals surface area (Å²) >= 11 is 0. The first-order valence-corrected chi connectivity index (χ1v) is 6.13. The Morgan fingerprint density at radius 3 is 2.74 bits per heavy atom. The highest BCUT2D eigenvalue weighted by atomic mass is 16.5. The van der Waals surface area contributed by atoms with Crippen LogP contribution in [-0.2, 0) is 13.1 Å². The number of ether oxygens (including phenoxy) is 1. The Labute approximate surface area is 111 Å². The summed E-state index contributed by atoms with van der Waals surface area (Å²) in [6.07, 6.45) is 3.37. The van der Waals surface area contributed by atoms with Crippen molar-refractivity contribution in [3.63, 3.8) is 0 Å².